The fourth-order valence-corrected chi connectivity index (χ4v) is 1.44. The van der Waals surface area contributed by atoms with Gasteiger partial charge in [0.2, 0.25) is 0 Å². The molecule has 1 rings (SSSR count). The van der Waals surface area contributed by atoms with Gasteiger partial charge >= 0.3 is 0 Å². The molecule has 0 atom stereocenters. The SMILES string of the molecule is CSCc1nccc(CNC(C)C)n1. The summed E-state index contributed by atoms with van der Waals surface area (Å²) in [6.45, 7) is 5.08. The Morgan fingerprint density at radius 2 is 2.29 bits per heavy atom. The Balaban J connectivity index is 2.54. The largest absolute Gasteiger partial charge is 0.309 e. The molecule has 1 aromatic heterocycles. The molecule has 0 aromatic carbocycles. The molecular formula is C10H17N3S. The van der Waals surface area contributed by atoms with E-state index in [4.69, 9.17) is 0 Å². The van der Waals surface area contributed by atoms with E-state index in [0.717, 1.165) is 23.8 Å². The van der Waals surface area contributed by atoms with E-state index in [0.29, 0.717) is 6.04 Å². The number of rotatable bonds is 5. The molecule has 3 nitrogen and oxygen atoms in total. The van der Waals surface area contributed by atoms with Gasteiger partial charge in [-0.15, -0.1) is 0 Å². The van der Waals surface area contributed by atoms with E-state index < -0.39 is 0 Å². The summed E-state index contributed by atoms with van der Waals surface area (Å²) in [5.41, 5.74) is 1.07. The highest BCUT2D eigenvalue weighted by Gasteiger charge is 1.99. The highest BCUT2D eigenvalue weighted by atomic mass is 32.2. The molecule has 0 amide bonds. The van der Waals surface area contributed by atoms with Gasteiger partial charge in [-0.05, 0) is 12.3 Å². The van der Waals surface area contributed by atoms with Gasteiger partial charge in [-0.1, -0.05) is 13.8 Å². The first kappa shape index (κ1) is 11.5. The fourth-order valence-electron chi connectivity index (χ4n) is 1.05. The minimum atomic E-state index is 0.494. The topological polar surface area (TPSA) is 37.8 Å². The zero-order valence-electron chi connectivity index (χ0n) is 8.95. The highest BCUT2D eigenvalue weighted by molar-refractivity contribution is 7.97. The van der Waals surface area contributed by atoms with Crippen LogP contribution >= 0.6 is 11.8 Å². The summed E-state index contributed by atoms with van der Waals surface area (Å²) in [6.07, 6.45) is 3.89. The summed E-state index contributed by atoms with van der Waals surface area (Å²) < 4.78 is 0. The van der Waals surface area contributed by atoms with Crippen LogP contribution in [0.5, 0.6) is 0 Å². The van der Waals surface area contributed by atoms with Crippen molar-refractivity contribution < 1.29 is 0 Å². The van der Waals surface area contributed by atoms with Crippen molar-refractivity contribution in [2.75, 3.05) is 6.26 Å². The Kier molecular flexibility index (Phi) is 4.90. The van der Waals surface area contributed by atoms with Crippen LogP contribution in [0, 0.1) is 0 Å². The van der Waals surface area contributed by atoms with Crippen LogP contribution in [0.25, 0.3) is 0 Å². The maximum Gasteiger partial charge on any atom is 0.138 e. The number of aromatic nitrogens is 2. The van der Waals surface area contributed by atoms with Gasteiger partial charge in [-0.2, -0.15) is 11.8 Å². The summed E-state index contributed by atoms with van der Waals surface area (Å²) in [6, 6.07) is 2.45. The molecule has 78 valence electrons. The zero-order chi connectivity index (χ0) is 10.4. The summed E-state index contributed by atoms with van der Waals surface area (Å²) in [4.78, 5) is 8.64. The summed E-state index contributed by atoms with van der Waals surface area (Å²) in [5.74, 6) is 1.80. The van der Waals surface area contributed by atoms with Crippen LogP contribution in [0.2, 0.25) is 0 Å². The molecule has 0 aliphatic carbocycles. The lowest BCUT2D eigenvalue weighted by Crippen LogP contribution is -2.22. The molecule has 1 aromatic rings. The third-order valence-electron chi connectivity index (χ3n) is 1.73. The van der Waals surface area contributed by atoms with Crippen molar-refractivity contribution in [1.82, 2.24) is 15.3 Å². The molecule has 0 radical (unpaired) electrons. The number of nitrogens with zero attached hydrogens (tertiary/aromatic N) is 2. The Bertz CT molecular complexity index is 276. The third-order valence-corrected chi connectivity index (χ3v) is 2.27. The van der Waals surface area contributed by atoms with E-state index in [-0.39, 0.29) is 0 Å². The Hall–Kier alpha value is -0.610. The Morgan fingerprint density at radius 1 is 1.50 bits per heavy atom. The van der Waals surface area contributed by atoms with Crippen molar-refractivity contribution in [1.29, 1.82) is 0 Å². The first-order chi connectivity index (χ1) is 6.72. The van der Waals surface area contributed by atoms with E-state index >= 15 is 0 Å². The number of hydrogen-bond acceptors (Lipinski definition) is 4. The van der Waals surface area contributed by atoms with Crippen molar-refractivity contribution in [3.63, 3.8) is 0 Å². The van der Waals surface area contributed by atoms with Crippen LogP contribution in [-0.2, 0) is 12.3 Å². The minimum absolute atomic E-state index is 0.494. The van der Waals surface area contributed by atoms with Crippen molar-refractivity contribution in [2.24, 2.45) is 0 Å². The highest BCUT2D eigenvalue weighted by Crippen LogP contribution is 2.04. The molecule has 1 heterocycles. The molecule has 14 heavy (non-hydrogen) atoms. The second kappa shape index (κ2) is 5.98. The second-order valence-electron chi connectivity index (χ2n) is 3.43. The average Bonchev–Trinajstić information content (AvgIpc) is 2.16. The first-order valence-corrected chi connectivity index (χ1v) is 6.15. The van der Waals surface area contributed by atoms with E-state index in [2.05, 4.69) is 35.4 Å². The van der Waals surface area contributed by atoms with E-state index in [1.54, 1.807) is 11.8 Å². The molecule has 0 saturated heterocycles. The number of hydrogen-bond donors (Lipinski definition) is 1. The minimum Gasteiger partial charge on any atom is -0.309 e. The lowest BCUT2D eigenvalue weighted by atomic mass is 10.3. The number of nitrogens with one attached hydrogen (secondary N) is 1. The first-order valence-electron chi connectivity index (χ1n) is 4.75. The van der Waals surface area contributed by atoms with Gasteiger partial charge < -0.3 is 5.32 Å². The third kappa shape index (κ3) is 4.07. The molecule has 4 heteroatoms. The van der Waals surface area contributed by atoms with Crippen LogP contribution in [-0.4, -0.2) is 22.3 Å². The Labute approximate surface area is 89.7 Å². The van der Waals surface area contributed by atoms with Crippen LogP contribution in [0.3, 0.4) is 0 Å². The van der Waals surface area contributed by atoms with Gasteiger partial charge in [-0.3, -0.25) is 0 Å². The van der Waals surface area contributed by atoms with Crippen LogP contribution in [0.1, 0.15) is 25.4 Å². The molecule has 1 N–H and O–H groups in total. The van der Waals surface area contributed by atoms with Gasteiger partial charge in [-0.25, -0.2) is 9.97 Å². The van der Waals surface area contributed by atoms with Gasteiger partial charge in [0.05, 0.1) is 11.4 Å². The standard InChI is InChI=1S/C10H17N3S/c1-8(2)12-6-9-4-5-11-10(13-9)7-14-3/h4-5,8,12H,6-7H2,1-3H3. The van der Waals surface area contributed by atoms with Crippen molar-refractivity contribution in [3.05, 3.63) is 23.8 Å². The van der Waals surface area contributed by atoms with Crippen molar-refractivity contribution >= 4 is 11.8 Å². The maximum absolute atomic E-state index is 4.44. The molecule has 0 saturated carbocycles. The molecule has 0 fully saturated rings. The van der Waals surface area contributed by atoms with E-state index in [1.165, 1.54) is 0 Å². The van der Waals surface area contributed by atoms with Gasteiger partial charge in [0.15, 0.2) is 0 Å². The smallest absolute Gasteiger partial charge is 0.138 e. The fraction of sp³-hybridized carbons (Fsp3) is 0.600. The normalized spacial score (nSPS) is 10.9. The van der Waals surface area contributed by atoms with E-state index in [9.17, 15) is 0 Å². The summed E-state index contributed by atoms with van der Waals surface area (Å²) in [5, 5.41) is 3.33. The molecule has 0 bridgehead atoms. The monoisotopic (exact) mass is 211 g/mol. The summed E-state index contributed by atoms with van der Waals surface area (Å²) in [7, 11) is 0. The van der Waals surface area contributed by atoms with Crippen LogP contribution < -0.4 is 5.32 Å². The summed E-state index contributed by atoms with van der Waals surface area (Å²) >= 11 is 1.74. The lowest BCUT2D eigenvalue weighted by Gasteiger charge is -2.07. The van der Waals surface area contributed by atoms with Gasteiger partial charge in [0.1, 0.15) is 5.82 Å². The van der Waals surface area contributed by atoms with Gasteiger partial charge in [0.25, 0.3) is 0 Å². The van der Waals surface area contributed by atoms with Gasteiger partial charge in [0, 0.05) is 18.8 Å². The lowest BCUT2D eigenvalue weighted by molar-refractivity contribution is 0.579. The zero-order valence-corrected chi connectivity index (χ0v) is 9.77. The quantitative estimate of drug-likeness (QED) is 0.806. The van der Waals surface area contributed by atoms with Crippen molar-refractivity contribution in [2.45, 2.75) is 32.2 Å². The second-order valence-corrected chi connectivity index (χ2v) is 4.30. The molecule has 0 unspecified atom stereocenters. The average molecular weight is 211 g/mol. The molecule has 0 spiro atoms. The Morgan fingerprint density at radius 3 is 2.93 bits per heavy atom. The van der Waals surface area contributed by atoms with Crippen LogP contribution in [0.15, 0.2) is 12.3 Å². The molecular weight excluding hydrogens is 194 g/mol. The predicted molar refractivity (Wildman–Crippen MR) is 61.2 cm³/mol. The number of thioether (sulfide) groups is 1. The van der Waals surface area contributed by atoms with E-state index in [1.807, 2.05) is 12.3 Å². The maximum atomic E-state index is 4.44. The predicted octanol–water partition coefficient (Wildman–Crippen LogP) is 1.84. The van der Waals surface area contributed by atoms with Crippen LogP contribution in [0.4, 0.5) is 0 Å². The molecule has 0 aliphatic rings. The molecule has 0 aliphatic heterocycles. The van der Waals surface area contributed by atoms with Crippen molar-refractivity contribution in [3.8, 4) is 0 Å².